The highest BCUT2D eigenvalue weighted by Crippen LogP contribution is 2.41. The first-order chi connectivity index (χ1) is 14.9. The molecule has 0 radical (unpaired) electrons. The van der Waals surface area contributed by atoms with E-state index in [0.717, 1.165) is 10.7 Å². The molecule has 2 atom stereocenters. The fourth-order valence-corrected chi connectivity index (χ4v) is 4.18. The molecular formula is C20H20F6N4O2. The van der Waals surface area contributed by atoms with Gasteiger partial charge in [-0.3, -0.25) is 4.68 Å². The van der Waals surface area contributed by atoms with Crippen LogP contribution < -0.4 is 5.32 Å². The lowest BCUT2D eigenvalue weighted by Crippen LogP contribution is -2.45. The van der Waals surface area contributed by atoms with E-state index in [0.29, 0.717) is 17.8 Å². The van der Waals surface area contributed by atoms with E-state index in [9.17, 15) is 36.2 Å². The van der Waals surface area contributed by atoms with Crippen LogP contribution in [0.4, 0.5) is 36.8 Å². The molecule has 0 saturated heterocycles. The Labute approximate surface area is 178 Å². The lowest BCUT2D eigenvalue weighted by atomic mass is 9.96. The maximum Gasteiger partial charge on any atom is 0.419 e. The minimum absolute atomic E-state index is 0.0890. The van der Waals surface area contributed by atoms with Gasteiger partial charge in [-0.25, -0.2) is 9.18 Å². The van der Waals surface area contributed by atoms with E-state index >= 15 is 0 Å². The molecule has 0 unspecified atom stereocenters. The van der Waals surface area contributed by atoms with E-state index in [2.05, 4.69) is 10.4 Å². The smallest absolute Gasteiger partial charge is 0.391 e. The zero-order valence-corrected chi connectivity index (χ0v) is 16.9. The van der Waals surface area contributed by atoms with Gasteiger partial charge in [0, 0.05) is 30.1 Å². The fraction of sp³-hybridized carbons (Fsp3) is 0.500. The van der Waals surface area contributed by atoms with Gasteiger partial charge in [-0.1, -0.05) is 0 Å². The number of aliphatic hydroxyl groups is 1. The number of amides is 2. The molecule has 4 rings (SSSR count). The molecule has 2 N–H and O–H groups in total. The molecule has 2 aliphatic rings. The first-order valence-corrected chi connectivity index (χ1v) is 9.96. The lowest BCUT2D eigenvalue weighted by molar-refractivity contribution is -0.139. The van der Waals surface area contributed by atoms with Crippen LogP contribution in [-0.4, -0.2) is 38.0 Å². The third kappa shape index (κ3) is 4.03. The topological polar surface area (TPSA) is 70.4 Å². The highest BCUT2D eigenvalue weighted by atomic mass is 19.4. The van der Waals surface area contributed by atoms with Gasteiger partial charge in [0.05, 0.1) is 30.5 Å². The Bertz CT molecular complexity index is 1050. The number of halogens is 6. The lowest BCUT2D eigenvalue weighted by Gasteiger charge is -2.33. The third-order valence-corrected chi connectivity index (χ3v) is 5.79. The molecule has 32 heavy (non-hydrogen) atoms. The van der Waals surface area contributed by atoms with Crippen molar-refractivity contribution in [2.75, 3.05) is 5.32 Å². The summed E-state index contributed by atoms with van der Waals surface area (Å²) in [5.74, 6) is -4.72. The number of benzene rings is 1. The molecule has 6 nitrogen and oxygen atoms in total. The number of urea groups is 1. The monoisotopic (exact) mass is 462 g/mol. The van der Waals surface area contributed by atoms with E-state index in [4.69, 9.17) is 0 Å². The molecule has 0 fully saturated rings. The number of hydrogen-bond acceptors (Lipinski definition) is 3. The van der Waals surface area contributed by atoms with Crippen LogP contribution in [0.3, 0.4) is 0 Å². The van der Waals surface area contributed by atoms with E-state index in [-0.39, 0.29) is 42.9 Å². The molecule has 12 heteroatoms. The zero-order chi connectivity index (χ0) is 23.4. The van der Waals surface area contributed by atoms with E-state index in [1.165, 1.54) is 4.90 Å². The van der Waals surface area contributed by atoms with Crippen molar-refractivity contribution in [1.29, 1.82) is 0 Å². The number of anilines is 1. The maximum atomic E-state index is 14.8. The number of carbonyl (C=O) groups excluding carboxylic acids is 1. The second kappa shape index (κ2) is 7.68. The number of fused-ring (bicyclic) bond motifs is 3. The van der Waals surface area contributed by atoms with Gasteiger partial charge >= 0.3 is 12.2 Å². The van der Waals surface area contributed by atoms with Gasteiger partial charge in [0.1, 0.15) is 11.5 Å². The minimum Gasteiger partial charge on any atom is -0.391 e. The Kier molecular flexibility index (Phi) is 5.38. The van der Waals surface area contributed by atoms with Crippen molar-refractivity contribution in [1.82, 2.24) is 14.7 Å². The number of alkyl halides is 5. The average Bonchev–Trinajstić information content (AvgIpc) is 2.98. The maximum absolute atomic E-state index is 14.8. The number of hydrogen-bond donors (Lipinski definition) is 2. The van der Waals surface area contributed by atoms with Crippen molar-refractivity contribution in [3.05, 3.63) is 46.5 Å². The largest absolute Gasteiger partial charge is 0.419 e. The van der Waals surface area contributed by atoms with E-state index in [1.54, 1.807) is 6.92 Å². The SMILES string of the molecule is C[C@@H]1Cc2nn3c(c2CN1C(=O)Nc1ccc(F)c(C(F)(F)F)c1)C(F)(F)CC[C@H](O)C3. The van der Waals surface area contributed by atoms with Crippen LogP contribution in [0.25, 0.3) is 0 Å². The summed E-state index contributed by atoms with van der Waals surface area (Å²) in [5, 5.41) is 16.4. The second-order valence-electron chi connectivity index (χ2n) is 8.16. The van der Waals surface area contributed by atoms with Crippen molar-refractivity contribution in [3.63, 3.8) is 0 Å². The molecule has 2 aliphatic heterocycles. The highest BCUT2D eigenvalue weighted by molar-refractivity contribution is 5.89. The Hall–Kier alpha value is -2.76. The molecule has 174 valence electrons. The third-order valence-electron chi connectivity index (χ3n) is 5.79. The Morgan fingerprint density at radius 3 is 2.72 bits per heavy atom. The summed E-state index contributed by atoms with van der Waals surface area (Å²) in [6, 6.07) is 0.779. The molecule has 1 aromatic carbocycles. The number of aromatic nitrogens is 2. The van der Waals surface area contributed by atoms with Crippen molar-refractivity contribution >= 4 is 11.7 Å². The van der Waals surface area contributed by atoms with Crippen LogP contribution in [-0.2, 0) is 31.6 Å². The Morgan fingerprint density at radius 1 is 1.31 bits per heavy atom. The number of nitrogens with one attached hydrogen (secondary N) is 1. The van der Waals surface area contributed by atoms with Crippen LogP contribution in [0.2, 0.25) is 0 Å². The van der Waals surface area contributed by atoms with Gasteiger partial charge < -0.3 is 15.3 Å². The number of nitrogens with zero attached hydrogens (tertiary/aromatic N) is 3. The quantitative estimate of drug-likeness (QED) is 0.622. The molecule has 1 aromatic heterocycles. The van der Waals surface area contributed by atoms with Crippen LogP contribution in [0, 0.1) is 5.82 Å². The van der Waals surface area contributed by atoms with E-state index < -0.39 is 48.1 Å². The van der Waals surface area contributed by atoms with Crippen LogP contribution in [0.1, 0.15) is 42.3 Å². The summed E-state index contributed by atoms with van der Waals surface area (Å²) in [5.41, 5.74) is -1.58. The first kappa shape index (κ1) is 22.4. The second-order valence-corrected chi connectivity index (χ2v) is 8.16. The summed E-state index contributed by atoms with van der Waals surface area (Å²) >= 11 is 0. The summed E-state index contributed by atoms with van der Waals surface area (Å²) < 4.78 is 83.0. The van der Waals surface area contributed by atoms with Crippen molar-refractivity contribution in [2.45, 2.75) is 63.5 Å². The van der Waals surface area contributed by atoms with Crippen LogP contribution in [0.5, 0.6) is 0 Å². The summed E-state index contributed by atoms with van der Waals surface area (Å²) in [6.07, 6.45) is -6.42. The summed E-state index contributed by atoms with van der Waals surface area (Å²) in [6.45, 7) is 1.34. The van der Waals surface area contributed by atoms with Gasteiger partial charge in [-0.05, 0) is 31.5 Å². The molecule has 0 spiro atoms. The van der Waals surface area contributed by atoms with E-state index in [1.807, 2.05) is 0 Å². The van der Waals surface area contributed by atoms with Crippen LogP contribution >= 0.6 is 0 Å². The number of carbonyl (C=O) groups is 1. The predicted molar refractivity (Wildman–Crippen MR) is 100 cm³/mol. The predicted octanol–water partition coefficient (Wildman–Crippen LogP) is 4.27. The van der Waals surface area contributed by atoms with Gasteiger partial charge in [-0.2, -0.15) is 27.1 Å². The molecule has 0 aliphatic carbocycles. The molecule has 3 heterocycles. The van der Waals surface area contributed by atoms with Gasteiger partial charge in [0.2, 0.25) is 0 Å². The Morgan fingerprint density at radius 2 is 2.03 bits per heavy atom. The number of rotatable bonds is 1. The van der Waals surface area contributed by atoms with Gasteiger partial charge in [-0.15, -0.1) is 0 Å². The first-order valence-electron chi connectivity index (χ1n) is 9.96. The standard InChI is InChI=1S/C20H20F6N4O2/c1-10-6-16-13(17-19(22,23)5-4-12(31)8-30(17)28-16)9-29(10)18(32)27-11-2-3-15(21)14(7-11)20(24,25)26/h2-3,7,10,12,31H,4-6,8-9H2,1H3,(H,27,32)/t10-,12+/m1/s1. The van der Waals surface area contributed by atoms with Crippen molar-refractivity contribution < 1.29 is 36.2 Å². The molecular weight excluding hydrogens is 442 g/mol. The summed E-state index contributed by atoms with van der Waals surface area (Å²) in [4.78, 5) is 14.0. The molecule has 0 saturated carbocycles. The van der Waals surface area contributed by atoms with Gasteiger partial charge in [0.15, 0.2) is 0 Å². The van der Waals surface area contributed by atoms with Crippen molar-refractivity contribution in [2.24, 2.45) is 0 Å². The Balaban J connectivity index is 1.61. The van der Waals surface area contributed by atoms with Gasteiger partial charge in [0.25, 0.3) is 5.92 Å². The molecule has 2 amide bonds. The molecule has 2 aromatic rings. The highest BCUT2D eigenvalue weighted by Gasteiger charge is 2.44. The minimum atomic E-state index is -4.94. The zero-order valence-electron chi connectivity index (χ0n) is 16.9. The fourth-order valence-electron chi connectivity index (χ4n) is 4.18. The van der Waals surface area contributed by atoms with Crippen LogP contribution in [0.15, 0.2) is 18.2 Å². The number of aliphatic hydroxyl groups excluding tert-OH is 1. The average molecular weight is 462 g/mol. The van der Waals surface area contributed by atoms with Crippen molar-refractivity contribution in [3.8, 4) is 0 Å². The summed E-state index contributed by atoms with van der Waals surface area (Å²) in [7, 11) is 0. The normalized spacial score (nSPS) is 22.7. The molecule has 0 bridgehead atoms.